The molecule has 0 bridgehead atoms. The zero-order valence-electron chi connectivity index (χ0n) is 18.4. The lowest BCUT2D eigenvalue weighted by atomic mass is 9.94. The molecule has 164 valence electrons. The molecule has 0 fully saturated rings. The Labute approximate surface area is 186 Å². The topological polar surface area (TPSA) is 89.1 Å². The Morgan fingerprint density at radius 2 is 1.90 bits per heavy atom. The number of rotatable bonds is 5. The molecule has 0 saturated carbocycles. The molecule has 0 spiro atoms. The van der Waals surface area contributed by atoms with Crippen molar-refractivity contribution in [2.75, 3.05) is 12.9 Å². The van der Waals surface area contributed by atoms with E-state index in [0.717, 1.165) is 27.3 Å². The molecule has 2 heterocycles. The molecule has 1 N–H and O–H groups in total. The molecule has 6 nitrogen and oxygen atoms in total. The van der Waals surface area contributed by atoms with Crippen molar-refractivity contribution in [3.8, 4) is 16.9 Å². The minimum absolute atomic E-state index is 0.0368. The van der Waals surface area contributed by atoms with Gasteiger partial charge in [0, 0.05) is 30.9 Å². The number of hydrogen-bond donors (Lipinski definition) is 1. The molecule has 1 aliphatic heterocycles. The number of aromatic hydroxyl groups is 1. The Bertz CT molecular complexity index is 1110. The first-order chi connectivity index (χ1) is 14.7. The Morgan fingerprint density at radius 3 is 2.48 bits per heavy atom. The molecular weight excluding hydrogens is 414 g/mol. The van der Waals surface area contributed by atoms with Gasteiger partial charge < -0.3 is 14.3 Å². The molecule has 2 aromatic rings. The van der Waals surface area contributed by atoms with Crippen LogP contribution in [0.3, 0.4) is 0 Å². The quantitative estimate of drug-likeness (QED) is 0.676. The summed E-state index contributed by atoms with van der Waals surface area (Å²) in [4.78, 5) is 28.7. The highest BCUT2D eigenvalue weighted by Gasteiger charge is 2.23. The molecule has 1 atom stereocenters. The summed E-state index contributed by atoms with van der Waals surface area (Å²) in [6, 6.07) is 5.49. The zero-order valence-corrected chi connectivity index (χ0v) is 19.3. The summed E-state index contributed by atoms with van der Waals surface area (Å²) in [6.07, 6.45) is 2.70. The third-order valence-corrected chi connectivity index (χ3v) is 6.32. The number of thioether (sulfide) groups is 1. The molecule has 1 unspecified atom stereocenters. The fourth-order valence-electron chi connectivity index (χ4n) is 3.89. The average molecular weight is 442 g/mol. The van der Waals surface area contributed by atoms with E-state index in [1.807, 2.05) is 39.8 Å². The molecule has 0 amide bonds. The lowest BCUT2D eigenvalue weighted by molar-refractivity contribution is -0.136. The van der Waals surface area contributed by atoms with Gasteiger partial charge in [0.15, 0.2) is 0 Å². The summed E-state index contributed by atoms with van der Waals surface area (Å²) in [7, 11) is 1.36. The number of carbonyl (C=O) groups excluding carboxylic acids is 1. The largest absolute Gasteiger partial charge is 0.507 e. The van der Waals surface area contributed by atoms with Crippen molar-refractivity contribution in [2.24, 2.45) is 10.9 Å². The van der Waals surface area contributed by atoms with Gasteiger partial charge in [0.2, 0.25) is 0 Å². The van der Waals surface area contributed by atoms with Gasteiger partial charge >= 0.3 is 11.6 Å². The van der Waals surface area contributed by atoms with Crippen LogP contribution >= 0.6 is 11.8 Å². The van der Waals surface area contributed by atoms with Crippen molar-refractivity contribution in [1.82, 2.24) is 0 Å². The fraction of sp³-hybridized carbons (Fsp3) is 0.375. The van der Waals surface area contributed by atoms with Gasteiger partial charge in [-0.1, -0.05) is 24.6 Å². The minimum Gasteiger partial charge on any atom is -0.507 e. The number of carbonyl (C=O) groups is 1. The number of methoxy groups -OCH3 is 1. The van der Waals surface area contributed by atoms with E-state index < -0.39 is 5.63 Å². The third kappa shape index (κ3) is 5.10. The van der Waals surface area contributed by atoms with Gasteiger partial charge in [-0.2, -0.15) is 0 Å². The lowest BCUT2D eigenvalue weighted by Crippen LogP contribution is -2.18. The molecule has 7 heteroatoms. The number of ether oxygens (including phenoxy) is 1. The van der Waals surface area contributed by atoms with Gasteiger partial charge in [0.1, 0.15) is 17.1 Å². The minimum atomic E-state index is -0.538. The Balaban J connectivity index is 1.73. The van der Waals surface area contributed by atoms with E-state index in [0.29, 0.717) is 29.9 Å². The van der Waals surface area contributed by atoms with Crippen molar-refractivity contribution in [2.45, 2.75) is 40.5 Å². The van der Waals surface area contributed by atoms with Crippen LogP contribution in [0.2, 0.25) is 0 Å². The molecular formula is C24H27NO5S. The van der Waals surface area contributed by atoms with Gasteiger partial charge in [-0.3, -0.25) is 4.99 Å². The van der Waals surface area contributed by atoms with Crippen molar-refractivity contribution in [3.05, 3.63) is 62.8 Å². The van der Waals surface area contributed by atoms with Crippen LogP contribution in [0.4, 0.5) is 0 Å². The second-order valence-electron chi connectivity index (χ2n) is 7.84. The van der Waals surface area contributed by atoms with Crippen LogP contribution in [-0.4, -0.2) is 29.0 Å². The SMILES string of the molecule is COC(=O)C1=CN=C(SCCc2cc(O)c(-c3c(C)cc(C)cc3C)c(=O)o2)CC1C. The van der Waals surface area contributed by atoms with E-state index in [2.05, 4.69) is 4.99 Å². The third-order valence-electron chi connectivity index (χ3n) is 5.31. The number of hydrogen-bond acceptors (Lipinski definition) is 7. The number of aryl methyl sites for hydroxylation is 4. The molecule has 0 radical (unpaired) electrons. The lowest BCUT2D eigenvalue weighted by Gasteiger charge is -2.18. The Morgan fingerprint density at radius 1 is 1.23 bits per heavy atom. The Hall–Kier alpha value is -2.80. The van der Waals surface area contributed by atoms with E-state index in [1.54, 1.807) is 18.0 Å². The summed E-state index contributed by atoms with van der Waals surface area (Å²) >= 11 is 1.55. The first-order valence-corrected chi connectivity index (χ1v) is 11.1. The first kappa shape index (κ1) is 22.9. The predicted molar refractivity (Wildman–Crippen MR) is 124 cm³/mol. The second kappa shape index (κ2) is 9.56. The second-order valence-corrected chi connectivity index (χ2v) is 9.00. The smallest absolute Gasteiger partial charge is 0.347 e. The normalized spacial score (nSPS) is 16.0. The molecule has 1 aliphatic rings. The number of esters is 1. The number of benzene rings is 1. The number of aliphatic imine (C=N–C) groups is 1. The van der Waals surface area contributed by atoms with Crippen molar-refractivity contribution in [1.29, 1.82) is 0 Å². The first-order valence-electron chi connectivity index (χ1n) is 10.1. The predicted octanol–water partition coefficient (Wildman–Crippen LogP) is 4.71. The highest BCUT2D eigenvalue weighted by Crippen LogP contribution is 2.33. The maximum absolute atomic E-state index is 12.7. The van der Waals surface area contributed by atoms with Gasteiger partial charge in [-0.25, -0.2) is 9.59 Å². The highest BCUT2D eigenvalue weighted by molar-refractivity contribution is 8.13. The summed E-state index contributed by atoms with van der Waals surface area (Å²) in [5.41, 5.74) is 3.91. The van der Waals surface area contributed by atoms with E-state index in [4.69, 9.17) is 9.15 Å². The summed E-state index contributed by atoms with van der Waals surface area (Å²) in [6.45, 7) is 7.80. The van der Waals surface area contributed by atoms with Gasteiger partial charge in [-0.15, -0.1) is 11.8 Å². The number of nitrogens with zero attached hydrogens (tertiary/aromatic N) is 1. The van der Waals surface area contributed by atoms with Gasteiger partial charge in [-0.05, 0) is 43.4 Å². The summed E-state index contributed by atoms with van der Waals surface area (Å²) in [5, 5.41) is 11.5. The van der Waals surface area contributed by atoms with Crippen LogP contribution in [-0.2, 0) is 16.0 Å². The molecule has 31 heavy (non-hydrogen) atoms. The Kier molecular flexibility index (Phi) is 7.05. The van der Waals surface area contributed by atoms with Gasteiger partial charge in [0.05, 0.1) is 17.7 Å². The van der Waals surface area contributed by atoms with E-state index in [9.17, 15) is 14.7 Å². The van der Waals surface area contributed by atoms with Crippen LogP contribution < -0.4 is 5.63 Å². The van der Waals surface area contributed by atoms with E-state index in [-0.39, 0.29) is 23.2 Å². The van der Waals surface area contributed by atoms with E-state index in [1.165, 1.54) is 13.2 Å². The summed E-state index contributed by atoms with van der Waals surface area (Å²) < 4.78 is 10.3. The van der Waals surface area contributed by atoms with Crippen LogP contribution in [0.1, 0.15) is 35.8 Å². The van der Waals surface area contributed by atoms with Crippen molar-refractivity contribution >= 4 is 22.8 Å². The van der Waals surface area contributed by atoms with Crippen LogP contribution in [0.25, 0.3) is 11.1 Å². The van der Waals surface area contributed by atoms with Crippen LogP contribution in [0.15, 0.2) is 44.2 Å². The molecule has 0 aliphatic carbocycles. The summed E-state index contributed by atoms with van der Waals surface area (Å²) in [5.74, 6) is 0.681. The van der Waals surface area contributed by atoms with Crippen LogP contribution in [0.5, 0.6) is 5.75 Å². The molecule has 1 aromatic carbocycles. The molecule has 0 saturated heterocycles. The van der Waals surface area contributed by atoms with Gasteiger partial charge in [0.25, 0.3) is 0 Å². The van der Waals surface area contributed by atoms with E-state index >= 15 is 0 Å². The average Bonchev–Trinajstić information content (AvgIpc) is 2.69. The fourth-order valence-corrected chi connectivity index (χ4v) is 4.92. The maximum atomic E-state index is 12.7. The standard InChI is InChI=1S/C24H27NO5S/c1-13-8-15(3)21(16(4)9-13)22-19(26)11-17(30-24(22)28)6-7-31-20-10-14(2)18(12-25-20)23(27)29-5/h8-9,11-12,14,26H,6-7,10H2,1-5H3. The monoisotopic (exact) mass is 441 g/mol. The van der Waals surface area contributed by atoms with Crippen molar-refractivity contribution in [3.63, 3.8) is 0 Å². The molecule has 3 rings (SSSR count). The molecule has 1 aromatic heterocycles. The highest BCUT2D eigenvalue weighted by atomic mass is 32.2. The van der Waals surface area contributed by atoms with Crippen molar-refractivity contribution < 1.29 is 19.1 Å². The van der Waals surface area contributed by atoms with Crippen LogP contribution in [0, 0.1) is 26.7 Å². The maximum Gasteiger partial charge on any atom is 0.347 e. The zero-order chi connectivity index (χ0) is 22.7.